The van der Waals surface area contributed by atoms with Gasteiger partial charge in [0.1, 0.15) is 5.82 Å². The number of benzene rings is 4. The third-order valence-electron chi connectivity index (χ3n) is 5.12. The molecule has 1 nitrogen and oxygen atoms in total. The normalized spacial score (nSPS) is 16.3. The first-order chi connectivity index (χ1) is 13.8. The maximum absolute atomic E-state index is 13.4. The zero-order valence-electron chi connectivity index (χ0n) is 15.2. The number of hydrogen-bond donors (Lipinski definition) is 0. The second-order valence-corrected chi connectivity index (χ2v) is 8.16. The Hall–Kier alpha value is -2.91. The highest BCUT2D eigenvalue weighted by Crippen LogP contribution is 2.47. The Labute approximate surface area is 168 Å². The first-order valence-electron chi connectivity index (χ1n) is 9.35. The van der Waals surface area contributed by atoms with E-state index in [-0.39, 0.29) is 11.1 Å². The fraction of sp³-hybridized carbons (Fsp3) is 0.0800. The van der Waals surface area contributed by atoms with Crippen LogP contribution in [-0.4, -0.2) is 5.71 Å². The van der Waals surface area contributed by atoms with Gasteiger partial charge in [-0.15, -0.1) is 11.8 Å². The minimum absolute atomic E-state index is 0.224. The Morgan fingerprint density at radius 2 is 1.54 bits per heavy atom. The lowest BCUT2D eigenvalue weighted by Gasteiger charge is -2.18. The fourth-order valence-electron chi connectivity index (χ4n) is 3.74. The van der Waals surface area contributed by atoms with Crippen LogP contribution in [0.2, 0.25) is 0 Å². The summed E-state index contributed by atoms with van der Waals surface area (Å²) in [6.07, 6.45) is 0.791. The van der Waals surface area contributed by atoms with Gasteiger partial charge in [0.25, 0.3) is 0 Å². The summed E-state index contributed by atoms with van der Waals surface area (Å²) < 4.78 is 13.4. The summed E-state index contributed by atoms with van der Waals surface area (Å²) in [6, 6.07) is 30.0. The largest absolute Gasteiger partial charge is 0.252 e. The first kappa shape index (κ1) is 17.2. The zero-order valence-corrected chi connectivity index (χ0v) is 16.0. The topological polar surface area (TPSA) is 12.4 Å². The second-order valence-electron chi connectivity index (χ2n) is 6.91. The molecule has 1 aliphatic heterocycles. The number of nitrogens with zero attached hydrogens (tertiary/aromatic N) is 1. The van der Waals surface area contributed by atoms with Crippen molar-refractivity contribution in [2.75, 3.05) is 0 Å². The molecule has 136 valence electrons. The molecule has 0 amide bonds. The Morgan fingerprint density at radius 3 is 2.43 bits per heavy atom. The summed E-state index contributed by atoms with van der Waals surface area (Å²) in [6.45, 7) is 0. The first-order valence-corrected chi connectivity index (χ1v) is 10.2. The smallest absolute Gasteiger partial charge is 0.123 e. The average molecular weight is 383 g/mol. The van der Waals surface area contributed by atoms with E-state index in [1.807, 2.05) is 30.0 Å². The quantitative estimate of drug-likeness (QED) is 0.353. The van der Waals surface area contributed by atoms with Gasteiger partial charge in [-0.05, 0) is 46.2 Å². The lowest BCUT2D eigenvalue weighted by Crippen LogP contribution is -2.06. The fourth-order valence-corrected chi connectivity index (χ4v) is 5.01. The summed E-state index contributed by atoms with van der Waals surface area (Å²) in [5, 5.41) is 2.76. The van der Waals surface area contributed by atoms with Crippen LogP contribution < -0.4 is 0 Å². The monoisotopic (exact) mass is 383 g/mol. The molecule has 0 N–H and O–H groups in total. The van der Waals surface area contributed by atoms with E-state index in [4.69, 9.17) is 4.99 Å². The van der Waals surface area contributed by atoms with Crippen molar-refractivity contribution in [3.05, 3.63) is 108 Å². The highest BCUT2D eigenvalue weighted by molar-refractivity contribution is 7.99. The summed E-state index contributed by atoms with van der Waals surface area (Å²) in [5.74, 6) is -0.224. The number of aliphatic imine (C=N–C) groups is 1. The molecule has 0 bridgehead atoms. The predicted octanol–water partition coefficient (Wildman–Crippen LogP) is 7.34. The average Bonchev–Trinajstić information content (AvgIpc) is 2.93. The number of para-hydroxylation sites is 1. The summed E-state index contributed by atoms with van der Waals surface area (Å²) in [4.78, 5) is 6.15. The SMILES string of the molecule is Fc1ccc(C2=Nc3ccccc3S[C@@H](c3cccc4ccccc34)C2)cc1. The summed E-state index contributed by atoms with van der Waals surface area (Å²) >= 11 is 1.86. The molecule has 0 spiro atoms. The maximum Gasteiger partial charge on any atom is 0.123 e. The van der Waals surface area contributed by atoms with Gasteiger partial charge in [-0.25, -0.2) is 4.39 Å². The standard InChI is InChI=1S/C25H18FNS/c26-19-14-12-18(13-15-19)23-16-25(28-24-11-4-3-10-22(24)27-23)21-9-5-7-17-6-1-2-8-20(17)21/h1-15,25H,16H2/t25-/m1/s1. The molecule has 28 heavy (non-hydrogen) atoms. The van der Waals surface area contributed by atoms with Crippen LogP contribution in [0.1, 0.15) is 22.8 Å². The van der Waals surface area contributed by atoms with Gasteiger partial charge in [0.2, 0.25) is 0 Å². The molecule has 1 heterocycles. The van der Waals surface area contributed by atoms with Crippen LogP contribution in [0, 0.1) is 5.82 Å². The van der Waals surface area contributed by atoms with Crippen molar-refractivity contribution in [2.24, 2.45) is 4.99 Å². The lowest BCUT2D eigenvalue weighted by atomic mass is 9.97. The molecule has 0 unspecified atom stereocenters. The Kier molecular flexibility index (Phi) is 4.46. The van der Waals surface area contributed by atoms with Gasteiger partial charge in [-0.3, -0.25) is 4.99 Å². The van der Waals surface area contributed by atoms with Gasteiger partial charge in [0, 0.05) is 22.3 Å². The highest BCUT2D eigenvalue weighted by atomic mass is 32.2. The molecular formula is C25H18FNS. The molecule has 1 aliphatic rings. The molecule has 0 aromatic heterocycles. The van der Waals surface area contributed by atoms with E-state index in [0.29, 0.717) is 0 Å². The van der Waals surface area contributed by atoms with Crippen molar-refractivity contribution in [1.29, 1.82) is 0 Å². The van der Waals surface area contributed by atoms with Crippen LogP contribution in [0.4, 0.5) is 10.1 Å². The summed E-state index contributed by atoms with van der Waals surface area (Å²) in [5.41, 5.74) is 4.27. The Balaban J connectivity index is 1.65. The van der Waals surface area contributed by atoms with Crippen molar-refractivity contribution in [2.45, 2.75) is 16.6 Å². The van der Waals surface area contributed by atoms with Gasteiger partial charge in [0.15, 0.2) is 0 Å². The second kappa shape index (κ2) is 7.25. The van der Waals surface area contributed by atoms with Gasteiger partial charge < -0.3 is 0 Å². The molecule has 5 rings (SSSR count). The molecule has 4 aromatic carbocycles. The van der Waals surface area contributed by atoms with Crippen molar-refractivity contribution in [3.63, 3.8) is 0 Å². The number of halogens is 1. The molecule has 0 aliphatic carbocycles. The highest BCUT2D eigenvalue weighted by Gasteiger charge is 2.23. The van der Waals surface area contributed by atoms with E-state index in [1.165, 1.54) is 33.4 Å². The van der Waals surface area contributed by atoms with Crippen molar-refractivity contribution >= 4 is 33.9 Å². The van der Waals surface area contributed by atoms with E-state index >= 15 is 0 Å². The van der Waals surface area contributed by atoms with Gasteiger partial charge >= 0.3 is 0 Å². The van der Waals surface area contributed by atoms with Crippen LogP contribution in [0.15, 0.2) is 101 Å². The van der Waals surface area contributed by atoms with E-state index in [0.717, 1.165) is 23.4 Å². The van der Waals surface area contributed by atoms with Crippen LogP contribution in [0.3, 0.4) is 0 Å². The molecule has 0 fully saturated rings. The molecule has 3 heteroatoms. The number of hydrogen-bond acceptors (Lipinski definition) is 2. The van der Waals surface area contributed by atoms with Crippen LogP contribution in [0.5, 0.6) is 0 Å². The molecule has 0 radical (unpaired) electrons. The van der Waals surface area contributed by atoms with E-state index in [9.17, 15) is 4.39 Å². The van der Waals surface area contributed by atoms with Crippen molar-refractivity contribution in [3.8, 4) is 0 Å². The Bertz CT molecular complexity index is 1180. The third kappa shape index (κ3) is 3.23. The number of rotatable bonds is 2. The van der Waals surface area contributed by atoms with E-state index in [1.54, 1.807) is 0 Å². The predicted molar refractivity (Wildman–Crippen MR) is 116 cm³/mol. The van der Waals surface area contributed by atoms with E-state index < -0.39 is 0 Å². The molecule has 1 atom stereocenters. The zero-order chi connectivity index (χ0) is 18.9. The number of thioether (sulfide) groups is 1. The molecule has 0 saturated carbocycles. The van der Waals surface area contributed by atoms with Crippen LogP contribution in [0.25, 0.3) is 10.8 Å². The third-order valence-corrected chi connectivity index (χ3v) is 6.42. The lowest BCUT2D eigenvalue weighted by molar-refractivity contribution is 0.627. The Morgan fingerprint density at radius 1 is 0.786 bits per heavy atom. The van der Waals surface area contributed by atoms with Crippen LogP contribution >= 0.6 is 11.8 Å². The van der Waals surface area contributed by atoms with Crippen molar-refractivity contribution in [1.82, 2.24) is 0 Å². The van der Waals surface area contributed by atoms with Crippen molar-refractivity contribution < 1.29 is 4.39 Å². The van der Waals surface area contributed by atoms with Crippen LogP contribution in [-0.2, 0) is 0 Å². The van der Waals surface area contributed by atoms with Gasteiger partial charge in [-0.2, -0.15) is 0 Å². The van der Waals surface area contributed by atoms with Gasteiger partial charge in [0.05, 0.1) is 5.69 Å². The summed E-state index contributed by atoms with van der Waals surface area (Å²) in [7, 11) is 0. The molecule has 0 saturated heterocycles. The maximum atomic E-state index is 13.4. The minimum Gasteiger partial charge on any atom is -0.252 e. The van der Waals surface area contributed by atoms with Gasteiger partial charge in [-0.1, -0.05) is 66.7 Å². The molecular weight excluding hydrogens is 365 g/mol. The number of fused-ring (bicyclic) bond motifs is 2. The minimum atomic E-state index is -0.224. The molecule has 4 aromatic rings. The van der Waals surface area contributed by atoms with E-state index in [2.05, 4.69) is 60.7 Å².